The molecule has 18 heavy (non-hydrogen) atoms. The van der Waals surface area contributed by atoms with Crippen molar-refractivity contribution >= 4 is 11.8 Å². The lowest BCUT2D eigenvalue weighted by Crippen LogP contribution is -2.05. The predicted octanol–water partition coefficient (Wildman–Crippen LogP) is 2.36. The summed E-state index contributed by atoms with van der Waals surface area (Å²) in [5, 5.41) is 3.79. The highest BCUT2D eigenvalue weighted by molar-refractivity contribution is 7.99. The lowest BCUT2D eigenvalue weighted by atomic mass is 10.3. The van der Waals surface area contributed by atoms with Gasteiger partial charge < -0.3 is 10.1 Å². The third kappa shape index (κ3) is 3.21. The molecule has 0 unspecified atom stereocenters. The van der Waals surface area contributed by atoms with Crippen molar-refractivity contribution in [3.8, 4) is 5.75 Å². The molecule has 0 atom stereocenters. The summed E-state index contributed by atoms with van der Waals surface area (Å²) in [5.41, 5.74) is 1.07. The second kappa shape index (κ2) is 6.37. The van der Waals surface area contributed by atoms with Gasteiger partial charge in [0, 0.05) is 24.5 Å². The smallest absolute Gasteiger partial charge is 0.192 e. The maximum Gasteiger partial charge on any atom is 0.192 e. The number of benzene rings is 1. The molecule has 0 fully saturated rings. The SMILES string of the molecule is CNCc1cnc(Sc2ccccc2OC)nc1. The number of ether oxygens (including phenoxy) is 1. The molecule has 0 aliphatic carbocycles. The molecule has 0 aliphatic heterocycles. The summed E-state index contributed by atoms with van der Waals surface area (Å²) < 4.78 is 5.29. The molecule has 1 N–H and O–H groups in total. The van der Waals surface area contributed by atoms with Crippen LogP contribution in [0.15, 0.2) is 46.7 Å². The van der Waals surface area contributed by atoms with E-state index in [-0.39, 0.29) is 0 Å². The van der Waals surface area contributed by atoms with Crippen LogP contribution in [0, 0.1) is 0 Å². The highest BCUT2D eigenvalue weighted by atomic mass is 32.2. The van der Waals surface area contributed by atoms with Crippen molar-refractivity contribution in [3.05, 3.63) is 42.2 Å². The quantitative estimate of drug-likeness (QED) is 0.837. The third-order valence-corrected chi connectivity index (χ3v) is 3.28. The molecular weight excluding hydrogens is 246 g/mol. The molecule has 1 aromatic heterocycles. The molecular formula is C13H15N3OS. The van der Waals surface area contributed by atoms with Crippen molar-refractivity contribution in [2.24, 2.45) is 0 Å². The monoisotopic (exact) mass is 261 g/mol. The average molecular weight is 261 g/mol. The van der Waals surface area contributed by atoms with Crippen molar-refractivity contribution in [1.29, 1.82) is 0 Å². The van der Waals surface area contributed by atoms with Crippen LogP contribution in [0.4, 0.5) is 0 Å². The summed E-state index contributed by atoms with van der Waals surface area (Å²) in [5.74, 6) is 0.838. The van der Waals surface area contributed by atoms with Crippen LogP contribution in [0.2, 0.25) is 0 Å². The van der Waals surface area contributed by atoms with E-state index < -0.39 is 0 Å². The minimum atomic E-state index is 0.722. The van der Waals surface area contributed by atoms with E-state index in [0.717, 1.165) is 27.9 Å². The molecule has 0 radical (unpaired) electrons. The lowest BCUT2D eigenvalue weighted by Gasteiger charge is -2.06. The van der Waals surface area contributed by atoms with Gasteiger partial charge in [0.1, 0.15) is 5.75 Å². The van der Waals surface area contributed by atoms with Gasteiger partial charge in [0.05, 0.1) is 12.0 Å². The molecule has 2 rings (SSSR count). The molecule has 2 aromatic rings. The van der Waals surface area contributed by atoms with Crippen molar-refractivity contribution in [3.63, 3.8) is 0 Å². The first-order chi connectivity index (χ1) is 8.83. The molecule has 0 amide bonds. The van der Waals surface area contributed by atoms with Gasteiger partial charge in [-0.2, -0.15) is 0 Å². The zero-order chi connectivity index (χ0) is 12.8. The van der Waals surface area contributed by atoms with Crippen LogP contribution >= 0.6 is 11.8 Å². The van der Waals surface area contributed by atoms with Crippen molar-refractivity contribution in [2.75, 3.05) is 14.2 Å². The molecule has 94 valence electrons. The Morgan fingerprint density at radius 2 is 1.94 bits per heavy atom. The van der Waals surface area contributed by atoms with Crippen molar-refractivity contribution in [1.82, 2.24) is 15.3 Å². The molecule has 1 aromatic carbocycles. The molecule has 0 aliphatic rings. The first-order valence-electron chi connectivity index (χ1n) is 5.60. The Morgan fingerprint density at radius 1 is 1.22 bits per heavy atom. The van der Waals surface area contributed by atoms with Gasteiger partial charge >= 0.3 is 0 Å². The molecule has 1 heterocycles. The third-order valence-electron chi connectivity index (χ3n) is 2.33. The highest BCUT2D eigenvalue weighted by Gasteiger charge is 2.05. The van der Waals surface area contributed by atoms with E-state index >= 15 is 0 Å². The van der Waals surface area contributed by atoms with E-state index in [4.69, 9.17) is 4.74 Å². The van der Waals surface area contributed by atoms with Crippen LogP contribution in [-0.4, -0.2) is 24.1 Å². The maximum absolute atomic E-state index is 5.29. The van der Waals surface area contributed by atoms with E-state index in [0.29, 0.717) is 0 Å². The number of nitrogens with zero attached hydrogens (tertiary/aromatic N) is 2. The normalized spacial score (nSPS) is 10.3. The number of nitrogens with one attached hydrogen (secondary N) is 1. The van der Waals surface area contributed by atoms with E-state index in [9.17, 15) is 0 Å². The Labute approximate surface area is 111 Å². The fraction of sp³-hybridized carbons (Fsp3) is 0.231. The first-order valence-corrected chi connectivity index (χ1v) is 6.41. The summed E-state index contributed by atoms with van der Waals surface area (Å²) in [6, 6.07) is 7.84. The highest BCUT2D eigenvalue weighted by Crippen LogP contribution is 2.32. The summed E-state index contributed by atoms with van der Waals surface area (Å²) in [6.45, 7) is 0.777. The van der Waals surface area contributed by atoms with Crippen molar-refractivity contribution < 1.29 is 4.74 Å². The van der Waals surface area contributed by atoms with Crippen molar-refractivity contribution in [2.45, 2.75) is 16.6 Å². The van der Waals surface area contributed by atoms with E-state index in [1.165, 1.54) is 11.8 Å². The molecule has 0 saturated carbocycles. The Balaban J connectivity index is 2.13. The molecule has 0 saturated heterocycles. The van der Waals surface area contributed by atoms with Gasteiger partial charge in [0.15, 0.2) is 5.16 Å². The van der Waals surface area contributed by atoms with Gasteiger partial charge in [0.2, 0.25) is 0 Å². The Morgan fingerprint density at radius 3 is 2.61 bits per heavy atom. The van der Waals surface area contributed by atoms with E-state index in [1.54, 1.807) is 7.11 Å². The van der Waals surface area contributed by atoms with Crippen LogP contribution in [0.1, 0.15) is 5.56 Å². The standard InChI is InChI=1S/C13H15N3OS/c1-14-7-10-8-15-13(16-9-10)18-12-6-4-3-5-11(12)17-2/h3-6,8-9,14H,7H2,1-2H3. The molecule has 5 heteroatoms. The minimum Gasteiger partial charge on any atom is -0.496 e. The summed E-state index contributed by atoms with van der Waals surface area (Å²) in [4.78, 5) is 9.66. The molecule has 0 bridgehead atoms. The fourth-order valence-corrected chi connectivity index (χ4v) is 2.30. The average Bonchev–Trinajstić information content (AvgIpc) is 2.42. The second-order valence-electron chi connectivity index (χ2n) is 3.66. The van der Waals surface area contributed by atoms with Crippen LogP contribution in [0.3, 0.4) is 0 Å². The zero-order valence-electron chi connectivity index (χ0n) is 10.4. The maximum atomic E-state index is 5.29. The van der Waals surface area contributed by atoms with Crippen LogP contribution in [-0.2, 0) is 6.54 Å². The summed E-state index contributed by atoms with van der Waals surface area (Å²) in [7, 11) is 3.56. The second-order valence-corrected chi connectivity index (χ2v) is 4.67. The number of hydrogen-bond donors (Lipinski definition) is 1. The predicted molar refractivity (Wildman–Crippen MR) is 71.9 cm³/mol. The molecule has 0 spiro atoms. The van der Waals surface area contributed by atoms with Gasteiger partial charge in [-0.15, -0.1) is 0 Å². The van der Waals surface area contributed by atoms with Gasteiger partial charge in [-0.1, -0.05) is 12.1 Å². The zero-order valence-corrected chi connectivity index (χ0v) is 11.2. The topological polar surface area (TPSA) is 47.0 Å². The lowest BCUT2D eigenvalue weighted by molar-refractivity contribution is 0.405. The summed E-state index contributed by atoms with van der Waals surface area (Å²) >= 11 is 1.50. The van der Waals surface area contributed by atoms with E-state index in [1.807, 2.05) is 43.7 Å². The number of para-hydroxylation sites is 1. The van der Waals surface area contributed by atoms with Gasteiger partial charge in [-0.25, -0.2) is 9.97 Å². The Kier molecular flexibility index (Phi) is 4.55. The largest absolute Gasteiger partial charge is 0.496 e. The first kappa shape index (κ1) is 12.9. The number of hydrogen-bond acceptors (Lipinski definition) is 5. The number of rotatable bonds is 5. The number of methoxy groups -OCH3 is 1. The van der Waals surface area contributed by atoms with E-state index in [2.05, 4.69) is 15.3 Å². The Hall–Kier alpha value is -1.59. The van der Waals surface area contributed by atoms with Crippen LogP contribution in [0.5, 0.6) is 5.75 Å². The fourth-order valence-electron chi connectivity index (χ4n) is 1.49. The van der Waals surface area contributed by atoms with Crippen LogP contribution in [0.25, 0.3) is 0 Å². The van der Waals surface area contributed by atoms with Crippen LogP contribution < -0.4 is 10.1 Å². The summed E-state index contributed by atoms with van der Waals surface area (Å²) in [6.07, 6.45) is 3.67. The van der Waals surface area contributed by atoms with Gasteiger partial charge in [0.25, 0.3) is 0 Å². The number of aromatic nitrogens is 2. The minimum absolute atomic E-state index is 0.722. The van der Waals surface area contributed by atoms with Gasteiger partial charge in [-0.05, 0) is 30.9 Å². The van der Waals surface area contributed by atoms with Gasteiger partial charge in [-0.3, -0.25) is 0 Å². The molecule has 4 nitrogen and oxygen atoms in total. The Bertz CT molecular complexity index is 502.